The molecule has 0 amide bonds. The van der Waals surface area contributed by atoms with Crippen LogP contribution in [0, 0.1) is 27.7 Å². The van der Waals surface area contributed by atoms with Gasteiger partial charge in [0.15, 0.2) is 0 Å². The first kappa shape index (κ1) is 91.8. The highest BCUT2D eigenvalue weighted by Crippen LogP contribution is 2.45. The number of hydrogen-bond acceptors (Lipinski definition) is 18. The van der Waals surface area contributed by atoms with Crippen molar-refractivity contribution in [3.05, 3.63) is 394 Å². The van der Waals surface area contributed by atoms with Gasteiger partial charge in [-0.25, -0.2) is 0 Å². The van der Waals surface area contributed by atoms with E-state index in [2.05, 4.69) is 114 Å². The maximum Gasteiger partial charge on any atom is 0.251 e. The molecule has 17 nitrogen and oxygen atoms in total. The SMILES string of the molecule is C=C1C=C(Sc2ccc(N)cc2)c2cc(CC)ccc2N1C.Cc1cc2c(Sc3ccc(N)cc3)cc(=O)n(C)c2cc1C.Cc1ccc2c(c1)c(Sc1ccc(N)cc1)cc(=O)n2C.Cc1ccc2c(c1)c(Sc1ccc(N)cc1)cc(=O)n2C.Cn1c(=O)cc(Sc2ccc(N)cc2)c2ccc(Cl)cc21.Cn1c(=O)cc(Sc2ccc(N)cc2)c2ccccc21. The number of aryl methyl sites for hydroxylation is 10. The van der Waals surface area contributed by atoms with Crippen LogP contribution in [0.15, 0.2) is 381 Å². The molecular formula is C103H97ClN12O5S6. The molecule has 24 heteroatoms. The molecule has 127 heavy (non-hydrogen) atoms. The molecule has 0 spiro atoms. The Labute approximate surface area is 768 Å². The molecule has 0 atom stereocenters. The summed E-state index contributed by atoms with van der Waals surface area (Å²) in [5, 5.41) is 6.00. The Morgan fingerprint density at radius 3 is 0.984 bits per heavy atom. The molecule has 0 saturated carbocycles. The minimum Gasteiger partial charge on any atom is -0.399 e. The summed E-state index contributed by atoms with van der Waals surface area (Å²) in [6.07, 6.45) is 3.19. The van der Waals surface area contributed by atoms with Crippen molar-refractivity contribution in [2.75, 3.05) is 46.3 Å². The summed E-state index contributed by atoms with van der Waals surface area (Å²) in [7, 11) is 11.0. The van der Waals surface area contributed by atoms with Crippen molar-refractivity contribution >= 4 is 181 Å². The van der Waals surface area contributed by atoms with E-state index in [0.29, 0.717) is 5.02 Å². The molecular weight excluding hydrogens is 1710 g/mol. The van der Waals surface area contributed by atoms with E-state index >= 15 is 0 Å². The molecule has 12 aromatic carbocycles. The fraction of sp³-hybridized carbons (Fsp3) is 0.117. The molecule has 642 valence electrons. The van der Waals surface area contributed by atoms with Crippen LogP contribution in [-0.4, -0.2) is 29.9 Å². The largest absolute Gasteiger partial charge is 0.399 e. The number of nitrogens with two attached hydrogens (primary N) is 6. The molecule has 17 aromatic rings. The van der Waals surface area contributed by atoms with Crippen molar-refractivity contribution in [3.8, 4) is 0 Å². The molecule has 0 fully saturated rings. The molecule has 1 aliphatic heterocycles. The fourth-order valence-corrected chi connectivity index (χ4v) is 19.8. The van der Waals surface area contributed by atoms with Crippen molar-refractivity contribution < 1.29 is 0 Å². The van der Waals surface area contributed by atoms with Crippen LogP contribution in [0.4, 0.5) is 39.8 Å². The first-order valence-electron chi connectivity index (χ1n) is 40.5. The molecule has 12 N–H and O–H groups in total. The lowest BCUT2D eigenvalue weighted by Crippen LogP contribution is -2.19. The van der Waals surface area contributed by atoms with Gasteiger partial charge in [-0.1, -0.05) is 149 Å². The van der Waals surface area contributed by atoms with Gasteiger partial charge in [-0.3, -0.25) is 24.0 Å². The number of nitrogen functional groups attached to an aromatic ring is 6. The third kappa shape index (κ3) is 22.7. The van der Waals surface area contributed by atoms with Crippen LogP contribution < -0.4 is 67.1 Å². The number of allylic oxidation sites excluding steroid dienone is 1. The van der Waals surface area contributed by atoms with E-state index in [1.807, 2.05) is 207 Å². The topological polar surface area (TPSA) is 269 Å². The number of benzene rings is 12. The normalized spacial score (nSPS) is 11.4. The minimum atomic E-state index is -0.0530. The summed E-state index contributed by atoms with van der Waals surface area (Å²) in [6, 6.07) is 91.5. The molecule has 0 bridgehead atoms. The predicted octanol–water partition coefficient (Wildman–Crippen LogP) is 23.2. The Hall–Kier alpha value is -12.8. The number of hydrogen-bond donors (Lipinski definition) is 6. The molecule has 18 rings (SSSR count). The van der Waals surface area contributed by atoms with Gasteiger partial charge in [-0.05, 0) is 269 Å². The van der Waals surface area contributed by atoms with Gasteiger partial charge < -0.3 is 62.1 Å². The van der Waals surface area contributed by atoms with E-state index in [1.54, 1.807) is 152 Å². The van der Waals surface area contributed by atoms with Gasteiger partial charge in [0.1, 0.15) is 0 Å². The number of thioether (sulfide) groups is 1. The van der Waals surface area contributed by atoms with Gasteiger partial charge >= 0.3 is 0 Å². The van der Waals surface area contributed by atoms with E-state index in [1.165, 1.54) is 48.9 Å². The lowest BCUT2D eigenvalue weighted by molar-refractivity contribution is 0.897. The highest BCUT2D eigenvalue weighted by Gasteiger charge is 2.22. The number of anilines is 7. The zero-order chi connectivity index (χ0) is 90.6. The number of fused-ring (bicyclic) bond motifs is 6. The van der Waals surface area contributed by atoms with E-state index in [9.17, 15) is 24.0 Å². The smallest absolute Gasteiger partial charge is 0.251 e. The second-order valence-electron chi connectivity index (χ2n) is 30.5. The minimum absolute atomic E-state index is 0.00152. The van der Waals surface area contributed by atoms with Crippen molar-refractivity contribution in [2.45, 2.75) is 94.9 Å². The van der Waals surface area contributed by atoms with Crippen molar-refractivity contribution in [3.63, 3.8) is 0 Å². The monoisotopic (exact) mass is 1810 g/mol. The second-order valence-corrected chi connectivity index (χ2v) is 37.6. The fourth-order valence-electron chi connectivity index (χ4n) is 13.8. The summed E-state index contributed by atoms with van der Waals surface area (Å²) in [5.74, 6) is 0. The van der Waals surface area contributed by atoms with Crippen LogP contribution in [-0.2, 0) is 41.7 Å². The van der Waals surface area contributed by atoms with Crippen LogP contribution in [0.1, 0.15) is 40.3 Å². The number of nitrogens with zero attached hydrogens (tertiary/aromatic N) is 6. The van der Waals surface area contributed by atoms with Crippen molar-refractivity contribution in [1.29, 1.82) is 0 Å². The van der Waals surface area contributed by atoms with Crippen molar-refractivity contribution in [1.82, 2.24) is 22.8 Å². The van der Waals surface area contributed by atoms with E-state index in [-0.39, 0.29) is 27.8 Å². The van der Waals surface area contributed by atoms with Crippen LogP contribution in [0.3, 0.4) is 0 Å². The summed E-state index contributed by atoms with van der Waals surface area (Å²) in [5.41, 5.74) is 53.0. The Morgan fingerprint density at radius 2 is 0.614 bits per heavy atom. The number of halogens is 1. The number of pyridine rings is 5. The molecule has 6 heterocycles. The van der Waals surface area contributed by atoms with Crippen LogP contribution in [0.5, 0.6) is 0 Å². The van der Waals surface area contributed by atoms with Crippen LogP contribution >= 0.6 is 82.2 Å². The third-order valence-electron chi connectivity index (χ3n) is 21.3. The van der Waals surface area contributed by atoms with Gasteiger partial charge in [0.05, 0.1) is 27.6 Å². The van der Waals surface area contributed by atoms with E-state index in [0.717, 1.165) is 150 Å². The number of para-hydroxylation sites is 1. The highest BCUT2D eigenvalue weighted by atomic mass is 35.5. The van der Waals surface area contributed by atoms with Gasteiger partial charge in [-0.2, -0.15) is 0 Å². The highest BCUT2D eigenvalue weighted by molar-refractivity contribution is 8.08. The van der Waals surface area contributed by atoms with E-state index in [4.69, 9.17) is 46.0 Å². The maximum absolute atomic E-state index is 12.2. The van der Waals surface area contributed by atoms with Gasteiger partial charge in [0, 0.05) is 214 Å². The number of aromatic nitrogens is 5. The lowest BCUT2D eigenvalue weighted by atomic mass is 10.0. The average molecular weight is 1810 g/mol. The van der Waals surface area contributed by atoms with Crippen molar-refractivity contribution in [2.24, 2.45) is 35.2 Å². The molecule has 0 radical (unpaired) electrons. The van der Waals surface area contributed by atoms with Gasteiger partial charge in [0.2, 0.25) is 0 Å². The summed E-state index contributed by atoms with van der Waals surface area (Å²) in [6.45, 7) is 14.6. The average Bonchev–Trinajstić information content (AvgIpc) is 0.815. The van der Waals surface area contributed by atoms with Gasteiger partial charge in [-0.15, -0.1) is 0 Å². The molecule has 0 saturated heterocycles. The number of rotatable bonds is 13. The van der Waals surface area contributed by atoms with Crippen LogP contribution in [0.25, 0.3) is 59.4 Å². The third-order valence-corrected chi connectivity index (χ3v) is 27.9. The Morgan fingerprint density at radius 1 is 0.307 bits per heavy atom. The zero-order valence-electron chi connectivity index (χ0n) is 72.1. The lowest BCUT2D eigenvalue weighted by Gasteiger charge is -2.29. The van der Waals surface area contributed by atoms with E-state index < -0.39 is 0 Å². The number of likely N-dealkylation sites (N-methyl/N-ethyl adjacent to an activating group) is 1. The summed E-state index contributed by atoms with van der Waals surface area (Å²) < 4.78 is 8.34. The second kappa shape index (κ2) is 41.1. The summed E-state index contributed by atoms with van der Waals surface area (Å²) >= 11 is 15.7. The van der Waals surface area contributed by atoms with Gasteiger partial charge in [0.25, 0.3) is 27.8 Å². The zero-order valence-corrected chi connectivity index (χ0v) is 77.8. The molecule has 1 aliphatic rings. The quantitative estimate of drug-likeness (QED) is 0.0586. The predicted molar refractivity (Wildman–Crippen MR) is 543 cm³/mol. The Balaban J connectivity index is 0.000000130. The maximum atomic E-state index is 12.2. The molecule has 0 aliphatic carbocycles. The first-order chi connectivity index (χ1) is 60.8. The Kier molecular flexibility index (Phi) is 29.7. The summed E-state index contributed by atoms with van der Waals surface area (Å²) in [4.78, 5) is 75.3. The first-order valence-corrected chi connectivity index (χ1v) is 45.8. The molecule has 0 unspecified atom stereocenters. The molecule has 5 aromatic heterocycles. The Bertz CT molecular complexity index is 7200. The van der Waals surface area contributed by atoms with Crippen LogP contribution in [0.2, 0.25) is 5.02 Å². The standard InChI is InChI=1S/C19H20N2S.C18H18N2OS.2C17H16N2OS.C16H13ClN2OS.C16H14N2OS/c1-4-14-5-10-18-17(12-14)19(11-13(2)21(18)3)22-16-8-6-15(20)7-9-16;1-11-8-15-16(9-12(11)2)20(3)18(21)10-17(15)22-14-6-4-13(19)5-7-14;2*1-11-3-8-15-14(9-11)16(10-17(20)19(15)2)21-13-6-4-12(18)5-7-13;1-19-14-8-10(17)2-7-13(14)15(9-16(19)20)21-12-5-3-11(18)4-6-12;1-18-14-5-3-2-4-13(14)15(10-16(18)19)20-12-8-6-11(17)7-9-12/h5-12H,2,4,20H2,1,3H3;4-10H,19H2,1-3H3;2*3-10H,18H2,1-2H3;2-9H,18H2,1H3;2-10H,17H2,1H3.